The second-order valence-corrected chi connectivity index (χ2v) is 5.60. The maximum Gasteiger partial charge on any atom is 0.257 e. The Hall–Kier alpha value is -2.82. The predicted octanol–water partition coefficient (Wildman–Crippen LogP) is 3.06. The fourth-order valence-electron chi connectivity index (χ4n) is 2.72. The zero-order valence-corrected chi connectivity index (χ0v) is 13.5. The summed E-state index contributed by atoms with van der Waals surface area (Å²) < 4.78 is 20.7. The number of benzene rings is 2. The number of carbonyl (C=O) groups excluding carboxylic acids is 1. The lowest BCUT2D eigenvalue weighted by Crippen LogP contribution is -2.30. The summed E-state index contributed by atoms with van der Waals surface area (Å²) in [5, 5.41) is 3.99. The third kappa shape index (κ3) is 3.56. The maximum absolute atomic E-state index is 13.4. The van der Waals surface area contributed by atoms with Crippen LogP contribution in [0.25, 0.3) is 10.9 Å². The van der Waals surface area contributed by atoms with Gasteiger partial charge in [0, 0.05) is 30.7 Å². The Morgan fingerprint density at radius 1 is 1.17 bits per heavy atom. The SMILES string of the molecule is Cn1cc(CCNC(=O)COc2ccccc2F)c2ccccc21. The van der Waals surface area contributed by atoms with Crippen LogP contribution in [-0.2, 0) is 18.3 Å². The molecule has 1 aromatic heterocycles. The van der Waals surface area contributed by atoms with Crippen LogP contribution in [0.15, 0.2) is 54.7 Å². The van der Waals surface area contributed by atoms with Gasteiger partial charge in [0.05, 0.1) is 0 Å². The van der Waals surface area contributed by atoms with Crippen molar-refractivity contribution < 1.29 is 13.9 Å². The van der Waals surface area contributed by atoms with Crippen LogP contribution in [0.2, 0.25) is 0 Å². The Bertz CT molecular complexity index is 857. The van der Waals surface area contributed by atoms with Crippen LogP contribution in [0, 0.1) is 5.82 Å². The van der Waals surface area contributed by atoms with Crippen LogP contribution in [0.4, 0.5) is 4.39 Å². The third-order valence-corrected chi connectivity index (χ3v) is 3.89. The molecule has 0 radical (unpaired) electrons. The van der Waals surface area contributed by atoms with Crippen molar-refractivity contribution in [3.63, 3.8) is 0 Å². The first-order valence-electron chi connectivity index (χ1n) is 7.82. The first kappa shape index (κ1) is 16.1. The Kier molecular flexibility index (Phi) is 4.79. The lowest BCUT2D eigenvalue weighted by Gasteiger charge is -2.08. The molecule has 0 bridgehead atoms. The van der Waals surface area contributed by atoms with E-state index in [1.54, 1.807) is 12.1 Å². The molecule has 0 aliphatic rings. The van der Waals surface area contributed by atoms with Gasteiger partial charge < -0.3 is 14.6 Å². The number of ether oxygens (including phenoxy) is 1. The standard InChI is InChI=1S/C19H19FN2O2/c1-22-12-14(15-6-2-4-8-17(15)22)10-11-21-19(23)13-24-18-9-5-3-7-16(18)20/h2-9,12H,10-11,13H2,1H3,(H,21,23). The molecule has 3 aromatic rings. The molecule has 0 aliphatic heterocycles. The van der Waals surface area contributed by atoms with E-state index in [-0.39, 0.29) is 18.3 Å². The van der Waals surface area contributed by atoms with E-state index in [0.29, 0.717) is 6.54 Å². The van der Waals surface area contributed by atoms with Crippen molar-refractivity contribution in [2.45, 2.75) is 6.42 Å². The van der Waals surface area contributed by atoms with Crippen LogP contribution < -0.4 is 10.1 Å². The lowest BCUT2D eigenvalue weighted by molar-refractivity contribution is -0.123. The Morgan fingerprint density at radius 2 is 1.92 bits per heavy atom. The van der Waals surface area contributed by atoms with Gasteiger partial charge in [-0.05, 0) is 30.2 Å². The van der Waals surface area contributed by atoms with Gasteiger partial charge in [0.2, 0.25) is 0 Å². The average Bonchev–Trinajstić information content (AvgIpc) is 2.91. The molecule has 5 heteroatoms. The number of nitrogens with zero attached hydrogens (tertiary/aromatic N) is 1. The van der Waals surface area contributed by atoms with Gasteiger partial charge in [-0.2, -0.15) is 0 Å². The fourth-order valence-corrected chi connectivity index (χ4v) is 2.72. The summed E-state index contributed by atoms with van der Waals surface area (Å²) in [7, 11) is 2.01. The van der Waals surface area contributed by atoms with E-state index < -0.39 is 5.82 Å². The third-order valence-electron chi connectivity index (χ3n) is 3.89. The van der Waals surface area contributed by atoms with E-state index in [2.05, 4.69) is 28.2 Å². The van der Waals surface area contributed by atoms with Crippen molar-refractivity contribution in [3.05, 3.63) is 66.1 Å². The van der Waals surface area contributed by atoms with Crippen molar-refractivity contribution in [3.8, 4) is 5.75 Å². The van der Waals surface area contributed by atoms with Gasteiger partial charge in [-0.25, -0.2) is 4.39 Å². The summed E-state index contributed by atoms with van der Waals surface area (Å²) in [5.74, 6) is -0.652. The summed E-state index contributed by atoms with van der Waals surface area (Å²) >= 11 is 0. The van der Waals surface area contributed by atoms with Gasteiger partial charge in [-0.3, -0.25) is 4.79 Å². The quantitative estimate of drug-likeness (QED) is 0.756. The molecule has 4 nitrogen and oxygen atoms in total. The second kappa shape index (κ2) is 7.17. The average molecular weight is 326 g/mol. The molecule has 124 valence electrons. The Morgan fingerprint density at radius 3 is 2.75 bits per heavy atom. The largest absolute Gasteiger partial charge is 0.481 e. The number of halogens is 1. The molecule has 0 saturated carbocycles. The molecule has 24 heavy (non-hydrogen) atoms. The molecule has 0 aliphatic carbocycles. The maximum atomic E-state index is 13.4. The molecule has 0 fully saturated rings. The molecule has 3 rings (SSSR count). The van der Waals surface area contributed by atoms with E-state index in [1.807, 2.05) is 19.2 Å². The number of amides is 1. The summed E-state index contributed by atoms with van der Waals surface area (Å²) in [6.45, 7) is 0.309. The van der Waals surface area contributed by atoms with Gasteiger partial charge in [0.1, 0.15) is 0 Å². The number of carbonyl (C=O) groups is 1. The second-order valence-electron chi connectivity index (χ2n) is 5.60. The Balaban J connectivity index is 1.51. The number of nitrogens with one attached hydrogen (secondary N) is 1. The minimum Gasteiger partial charge on any atom is -0.481 e. The van der Waals surface area contributed by atoms with Crippen LogP contribution in [-0.4, -0.2) is 23.6 Å². The van der Waals surface area contributed by atoms with Gasteiger partial charge in [0.15, 0.2) is 18.2 Å². The van der Waals surface area contributed by atoms with Crippen molar-refractivity contribution in [2.75, 3.05) is 13.2 Å². The topological polar surface area (TPSA) is 43.3 Å². The molecule has 0 saturated heterocycles. The zero-order valence-electron chi connectivity index (χ0n) is 13.5. The van der Waals surface area contributed by atoms with E-state index in [9.17, 15) is 9.18 Å². The molecular weight excluding hydrogens is 307 g/mol. The summed E-state index contributed by atoms with van der Waals surface area (Å²) in [5.41, 5.74) is 2.35. The number of para-hydroxylation sites is 2. The monoisotopic (exact) mass is 326 g/mol. The molecule has 1 amide bonds. The van der Waals surface area contributed by atoms with Crippen LogP contribution in [0.5, 0.6) is 5.75 Å². The first-order chi connectivity index (χ1) is 11.6. The highest BCUT2D eigenvalue weighted by atomic mass is 19.1. The zero-order chi connectivity index (χ0) is 16.9. The summed E-state index contributed by atoms with van der Waals surface area (Å²) in [6.07, 6.45) is 2.81. The lowest BCUT2D eigenvalue weighted by atomic mass is 10.1. The van der Waals surface area contributed by atoms with Crippen molar-refractivity contribution in [1.29, 1.82) is 0 Å². The molecule has 1 N–H and O–H groups in total. The van der Waals surface area contributed by atoms with Gasteiger partial charge >= 0.3 is 0 Å². The summed E-state index contributed by atoms with van der Waals surface area (Å²) in [6, 6.07) is 14.2. The minimum atomic E-state index is -0.471. The van der Waals surface area contributed by atoms with Gasteiger partial charge in [0.25, 0.3) is 5.91 Å². The predicted molar refractivity (Wildman–Crippen MR) is 91.5 cm³/mol. The van der Waals surface area contributed by atoms with Gasteiger partial charge in [-0.15, -0.1) is 0 Å². The highest BCUT2D eigenvalue weighted by molar-refractivity contribution is 5.84. The Labute approximate surface area is 139 Å². The number of fused-ring (bicyclic) bond motifs is 1. The molecule has 0 unspecified atom stereocenters. The van der Waals surface area contributed by atoms with Crippen molar-refractivity contribution in [2.24, 2.45) is 7.05 Å². The normalized spacial score (nSPS) is 10.8. The molecule has 2 aromatic carbocycles. The molecule has 1 heterocycles. The fraction of sp³-hybridized carbons (Fsp3) is 0.211. The van der Waals surface area contributed by atoms with E-state index in [4.69, 9.17) is 4.74 Å². The van der Waals surface area contributed by atoms with Gasteiger partial charge in [-0.1, -0.05) is 30.3 Å². The highest BCUT2D eigenvalue weighted by Crippen LogP contribution is 2.20. The van der Waals surface area contributed by atoms with Crippen LogP contribution in [0.3, 0.4) is 0 Å². The molecule has 0 atom stereocenters. The smallest absolute Gasteiger partial charge is 0.257 e. The van der Waals surface area contributed by atoms with E-state index in [1.165, 1.54) is 28.6 Å². The number of rotatable bonds is 6. The first-order valence-corrected chi connectivity index (χ1v) is 7.82. The molecular formula is C19H19FN2O2. The van der Waals surface area contributed by atoms with E-state index in [0.717, 1.165) is 6.42 Å². The number of hydrogen-bond donors (Lipinski definition) is 1. The van der Waals surface area contributed by atoms with Crippen LogP contribution in [0.1, 0.15) is 5.56 Å². The van der Waals surface area contributed by atoms with Crippen molar-refractivity contribution >= 4 is 16.8 Å². The minimum absolute atomic E-state index is 0.0849. The van der Waals surface area contributed by atoms with Crippen LogP contribution >= 0.6 is 0 Å². The number of aromatic nitrogens is 1. The van der Waals surface area contributed by atoms with E-state index >= 15 is 0 Å². The number of aryl methyl sites for hydroxylation is 1. The van der Waals surface area contributed by atoms with Crippen molar-refractivity contribution in [1.82, 2.24) is 9.88 Å². The highest BCUT2D eigenvalue weighted by Gasteiger charge is 2.08. The molecule has 0 spiro atoms. The summed E-state index contributed by atoms with van der Waals surface area (Å²) in [4.78, 5) is 11.8. The number of hydrogen-bond acceptors (Lipinski definition) is 2.